The molecule has 0 radical (unpaired) electrons. The molecule has 6 rings (SSSR count). The van der Waals surface area contributed by atoms with Gasteiger partial charge in [0.05, 0.1) is 0 Å². The van der Waals surface area contributed by atoms with E-state index in [0.29, 0.717) is 11.8 Å². The topological polar surface area (TPSA) is 0 Å². The van der Waals surface area contributed by atoms with Crippen LogP contribution in [0.5, 0.6) is 0 Å². The molecule has 0 bridgehead atoms. The molecule has 0 fully saturated rings. The number of aryl methyl sites for hydroxylation is 4. The molecule has 220 valence electrons. The van der Waals surface area contributed by atoms with E-state index >= 15 is 0 Å². The number of fused-ring (bicyclic) bond motifs is 2. The minimum absolute atomic E-state index is 0.0399. The number of hydrogen-bond acceptors (Lipinski definition) is 0. The van der Waals surface area contributed by atoms with E-state index in [4.69, 9.17) is 0 Å². The van der Waals surface area contributed by atoms with Crippen molar-refractivity contribution in [2.45, 2.75) is 81.1 Å². The fourth-order valence-corrected chi connectivity index (χ4v) is 8.08. The van der Waals surface area contributed by atoms with Gasteiger partial charge in [-0.1, -0.05) is 135 Å². The largest absolute Gasteiger partial charge is 0.0627 e. The Hall–Kier alpha value is -3.64. The van der Waals surface area contributed by atoms with Crippen LogP contribution in [0, 0.1) is 44.9 Å². The Morgan fingerprint density at radius 1 is 0.535 bits per heavy atom. The summed E-state index contributed by atoms with van der Waals surface area (Å²) in [7, 11) is 0. The normalized spacial score (nSPS) is 14.3. The van der Waals surface area contributed by atoms with Gasteiger partial charge in [0.25, 0.3) is 0 Å². The van der Waals surface area contributed by atoms with Crippen molar-refractivity contribution in [3.8, 4) is 22.3 Å². The summed E-state index contributed by atoms with van der Waals surface area (Å²) in [5.41, 5.74) is 20.0. The standard InChI is InChI=1S/C43H48/c1-27(2)25-43(26-28(3)4,35-21-33-11-9-13-37(41(33)23-35)39-19-29(5)15-17-31(39)7)36-22-34-12-10-14-38(42(34)24-36)40-20-30(6)16-18-32(40)8/h9-20,23-24,27-28H,21-22,25-26H2,1-8H3. The summed E-state index contributed by atoms with van der Waals surface area (Å²) >= 11 is 0. The minimum atomic E-state index is 0.0399. The highest BCUT2D eigenvalue weighted by atomic mass is 14.5. The molecule has 43 heavy (non-hydrogen) atoms. The first kappa shape index (κ1) is 29.4. The molecule has 0 saturated heterocycles. The van der Waals surface area contributed by atoms with E-state index in [1.165, 1.54) is 79.6 Å². The van der Waals surface area contributed by atoms with Crippen molar-refractivity contribution in [2.24, 2.45) is 17.3 Å². The zero-order chi connectivity index (χ0) is 30.5. The number of allylic oxidation sites excluding steroid dienone is 2. The van der Waals surface area contributed by atoms with E-state index in [0.717, 1.165) is 12.8 Å². The Labute approximate surface area is 260 Å². The number of rotatable bonds is 8. The van der Waals surface area contributed by atoms with Crippen molar-refractivity contribution in [3.05, 3.63) is 128 Å². The molecule has 0 N–H and O–H groups in total. The predicted molar refractivity (Wildman–Crippen MR) is 187 cm³/mol. The molecule has 4 aromatic carbocycles. The van der Waals surface area contributed by atoms with Crippen molar-refractivity contribution in [3.63, 3.8) is 0 Å². The summed E-state index contributed by atoms with van der Waals surface area (Å²) in [6.45, 7) is 18.6. The van der Waals surface area contributed by atoms with Gasteiger partial charge in [-0.3, -0.25) is 0 Å². The third-order valence-corrected chi connectivity index (χ3v) is 9.90. The molecule has 4 aromatic rings. The zero-order valence-electron chi connectivity index (χ0n) is 27.6. The predicted octanol–water partition coefficient (Wildman–Crippen LogP) is 11.9. The fraction of sp³-hybridized carbons (Fsp3) is 0.349. The van der Waals surface area contributed by atoms with Gasteiger partial charge in [-0.05, 0) is 121 Å². The van der Waals surface area contributed by atoms with Crippen LogP contribution >= 0.6 is 0 Å². The van der Waals surface area contributed by atoms with Gasteiger partial charge in [0.1, 0.15) is 0 Å². The van der Waals surface area contributed by atoms with Crippen LogP contribution in [0.1, 0.15) is 85.0 Å². The van der Waals surface area contributed by atoms with E-state index in [1.54, 1.807) is 11.1 Å². The average molecular weight is 565 g/mol. The molecule has 2 aliphatic carbocycles. The summed E-state index contributed by atoms with van der Waals surface area (Å²) in [6.07, 6.45) is 9.69. The van der Waals surface area contributed by atoms with Crippen molar-refractivity contribution in [1.29, 1.82) is 0 Å². The van der Waals surface area contributed by atoms with Crippen molar-refractivity contribution < 1.29 is 0 Å². The first-order valence-corrected chi connectivity index (χ1v) is 16.4. The monoisotopic (exact) mass is 564 g/mol. The Morgan fingerprint density at radius 3 is 1.35 bits per heavy atom. The van der Waals surface area contributed by atoms with E-state index in [1.807, 2.05) is 0 Å². The molecule has 0 atom stereocenters. The van der Waals surface area contributed by atoms with Gasteiger partial charge in [-0.15, -0.1) is 0 Å². The number of hydrogen-bond donors (Lipinski definition) is 0. The van der Waals surface area contributed by atoms with Crippen LogP contribution in [0.2, 0.25) is 0 Å². The lowest BCUT2D eigenvalue weighted by Gasteiger charge is -2.40. The van der Waals surface area contributed by atoms with Crippen LogP contribution in [-0.4, -0.2) is 0 Å². The Balaban J connectivity index is 1.52. The van der Waals surface area contributed by atoms with E-state index in [9.17, 15) is 0 Å². The van der Waals surface area contributed by atoms with E-state index in [2.05, 4.69) is 140 Å². The second-order valence-electron chi connectivity index (χ2n) is 14.4. The Bertz CT molecular complexity index is 1620. The third-order valence-electron chi connectivity index (χ3n) is 9.90. The average Bonchev–Trinajstić information content (AvgIpc) is 3.60. The Morgan fingerprint density at radius 2 is 0.953 bits per heavy atom. The van der Waals surface area contributed by atoms with Crippen molar-refractivity contribution >= 4 is 12.2 Å². The summed E-state index contributed by atoms with van der Waals surface area (Å²) in [4.78, 5) is 0. The first-order chi connectivity index (χ1) is 20.6. The molecule has 0 aliphatic heterocycles. The molecular formula is C43H48. The zero-order valence-corrected chi connectivity index (χ0v) is 27.6. The molecule has 0 nitrogen and oxygen atoms in total. The minimum Gasteiger partial charge on any atom is -0.0627 e. The molecule has 0 heteroatoms. The quantitative estimate of drug-likeness (QED) is 0.200. The summed E-state index contributed by atoms with van der Waals surface area (Å²) in [5, 5.41) is 0. The Kier molecular flexibility index (Phi) is 7.84. The first-order valence-electron chi connectivity index (χ1n) is 16.4. The molecule has 0 aromatic heterocycles. The van der Waals surface area contributed by atoms with Crippen LogP contribution in [0.15, 0.2) is 83.9 Å². The van der Waals surface area contributed by atoms with Gasteiger partial charge in [0, 0.05) is 5.41 Å². The van der Waals surface area contributed by atoms with Crippen LogP contribution in [0.3, 0.4) is 0 Å². The van der Waals surface area contributed by atoms with E-state index in [-0.39, 0.29) is 5.41 Å². The smallest absolute Gasteiger partial charge is 0.0139 e. The van der Waals surface area contributed by atoms with Gasteiger partial charge in [0.15, 0.2) is 0 Å². The lowest BCUT2D eigenvalue weighted by atomic mass is 9.63. The molecular weight excluding hydrogens is 516 g/mol. The van der Waals surface area contributed by atoms with Gasteiger partial charge in [-0.2, -0.15) is 0 Å². The maximum Gasteiger partial charge on any atom is 0.0139 e. The molecule has 0 unspecified atom stereocenters. The molecule has 2 aliphatic rings. The molecule has 0 spiro atoms. The molecule has 0 heterocycles. The van der Waals surface area contributed by atoms with Crippen LogP contribution in [0.25, 0.3) is 34.4 Å². The summed E-state index contributed by atoms with van der Waals surface area (Å²) in [6, 6.07) is 27.8. The SMILES string of the molecule is Cc1ccc(C)c(-c2cccc3c2C=C(C(CC(C)C)(CC(C)C)C2=Cc4c(cccc4-c4cc(C)ccc4C)C2)C3)c1. The van der Waals surface area contributed by atoms with Gasteiger partial charge >= 0.3 is 0 Å². The van der Waals surface area contributed by atoms with Gasteiger partial charge in [-0.25, -0.2) is 0 Å². The lowest BCUT2D eigenvalue weighted by molar-refractivity contribution is 0.273. The van der Waals surface area contributed by atoms with Gasteiger partial charge in [0.2, 0.25) is 0 Å². The number of benzene rings is 4. The van der Waals surface area contributed by atoms with E-state index < -0.39 is 0 Å². The molecule has 0 amide bonds. The van der Waals surface area contributed by atoms with Crippen LogP contribution in [0.4, 0.5) is 0 Å². The highest BCUT2D eigenvalue weighted by Crippen LogP contribution is 2.55. The van der Waals surface area contributed by atoms with Crippen LogP contribution in [-0.2, 0) is 12.8 Å². The second-order valence-corrected chi connectivity index (χ2v) is 14.4. The highest BCUT2D eigenvalue weighted by Gasteiger charge is 2.42. The van der Waals surface area contributed by atoms with Crippen LogP contribution < -0.4 is 0 Å². The van der Waals surface area contributed by atoms with Crippen molar-refractivity contribution in [2.75, 3.05) is 0 Å². The summed E-state index contributed by atoms with van der Waals surface area (Å²) < 4.78 is 0. The lowest BCUT2D eigenvalue weighted by Crippen LogP contribution is -2.30. The van der Waals surface area contributed by atoms with Gasteiger partial charge < -0.3 is 0 Å². The third kappa shape index (κ3) is 5.46. The second kappa shape index (κ2) is 11.5. The fourth-order valence-electron chi connectivity index (χ4n) is 8.08. The highest BCUT2D eigenvalue weighted by molar-refractivity contribution is 5.86. The molecule has 0 saturated carbocycles. The maximum atomic E-state index is 2.62. The summed E-state index contributed by atoms with van der Waals surface area (Å²) in [5.74, 6) is 1.20. The maximum absolute atomic E-state index is 2.62. The van der Waals surface area contributed by atoms with Crippen molar-refractivity contribution in [1.82, 2.24) is 0 Å².